The van der Waals surface area contributed by atoms with E-state index in [1.807, 2.05) is 6.92 Å². The Morgan fingerprint density at radius 3 is 3.07 bits per heavy atom. The zero-order valence-electron chi connectivity index (χ0n) is 9.08. The molecule has 0 amide bonds. The van der Waals surface area contributed by atoms with E-state index in [1.165, 1.54) is 38.8 Å². The summed E-state index contributed by atoms with van der Waals surface area (Å²) in [6.07, 6.45) is 5.09. The van der Waals surface area contributed by atoms with Crippen molar-refractivity contribution in [3.8, 4) is 0 Å². The Kier molecular flexibility index (Phi) is 3.42. The van der Waals surface area contributed by atoms with Crippen LogP contribution < -0.4 is 5.32 Å². The van der Waals surface area contributed by atoms with Crippen molar-refractivity contribution in [1.29, 1.82) is 0 Å². The van der Waals surface area contributed by atoms with E-state index in [0.29, 0.717) is 6.04 Å². The molecule has 0 aromatic carbocycles. The lowest BCUT2D eigenvalue weighted by molar-refractivity contribution is 0.145. The van der Waals surface area contributed by atoms with Crippen LogP contribution >= 0.6 is 0 Å². The molecule has 0 spiro atoms. The van der Waals surface area contributed by atoms with Crippen LogP contribution in [0.5, 0.6) is 0 Å². The third-order valence-electron chi connectivity index (χ3n) is 3.52. The van der Waals surface area contributed by atoms with Gasteiger partial charge in [0.2, 0.25) is 0 Å². The summed E-state index contributed by atoms with van der Waals surface area (Å²) in [6.45, 7) is 5.16. The molecule has 0 saturated carbocycles. The first kappa shape index (κ1) is 10.4. The van der Waals surface area contributed by atoms with Crippen LogP contribution in [0.4, 0.5) is 0 Å². The van der Waals surface area contributed by atoms with Crippen LogP contribution in [0.15, 0.2) is 0 Å². The first-order valence-corrected chi connectivity index (χ1v) is 5.91. The van der Waals surface area contributed by atoms with Crippen LogP contribution in [0.1, 0.15) is 32.6 Å². The summed E-state index contributed by atoms with van der Waals surface area (Å²) in [5.74, 6) is 0. The Balaban J connectivity index is 1.74. The minimum atomic E-state index is -0.211. The lowest BCUT2D eigenvalue weighted by Crippen LogP contribution is -2.47. The van der Waals surface area contributed by atoms with Gasteiger partial charge in [0.05, 0.1) is 6.10 Å². The molecule has 2 aliphatic heterocycles. The summed E-state index contributed by atoms with van der Waals surface area (Å²) < 4.78 is 0. The van der Waals surface area contributed by atoms with E-state index in [9.17, 15) is 5.11 Å². The molecule has 0 bridgehead atoms. The number of nitrogens with zero attached hydrogens (tertiary/aromatic N) is 1. The maximum absolute atomic E-state index is 9.20. The third kappa shape index (κ3) is 2.47. The maximum Gasteiger partial charge on any atom is 0.0636 e. The first-order chi connectivity index (χ1) is 6.75. The fraction of sp³-hybridized carbons (Fsp3) is 1.00. The van der Waals surface area contributed by atoms with Crippen LogP contribution in [0, 0.1) is 0 Å². The second-order valence-corrected chi connectivity index (χ2v) is 4.81. The van der Waals surface area contributed by atoms with Gasteiger partial charge in [-0.1, -0.05) is 0 Å². The second-order valence-electron chi connectivity index (χ2n) is 4.81. The molecule has 3 heteroatoms. The summed E-state index contributed by atoms with van der Waals surface area (Å²) in [7, 11) is 0. The van der Waals surface area contributed by atoms with Crippen molar-refractivity contribution >= 4 is 0 Å². The number of hydrogen-bond acceptors (Lipinski definition) is 3. The number of fused-ring (bicyclic) bond motifs is 1. The molecule has 82 valence electrons. The minimum absolute atomic E-state index is 0.211. The van der Waals surface area contributed by atoms with Crippen molar-refractivity contribution in [2.24, 2.45) is 0 Å². The summed E-state index contributed by atoms with van der Waals surface area (Å²) in [6, 6.07) is 1.47. The molecule has 3 atom stereocenters. The van der Waals surface area contributed by atoms with E-state index < -0.39 is 0 Å². The van der Waals surface area contributed by atoms with Crippen LogP contribution in [-0.4, -0.2) is 47.8 Å². The number of rotatable bonds is 3. The Morgan fingerprint density at radius 2 is 2.29 bits per heavy atom. The molecule has 2 N–H and O–H groups in total. The van der Waals surface area contributed by atoms with Gasteiger partial charge in [-0.2, -0.15) is 0 Å². The highest BCUT2D eigenvalue weighted by Gasteiger charge is 2.31. The number of piperidine rings is 1. The Hall–Kier alpha value is -0.120. The van der Waals surface area contributed by atoms with Gasteiger partial charge >= 0.3 is 0 Å². The highest BCUT2D eigenvalue weighted by atomic mass is 16.3. The monoisotopic (exact) mass is 198 g/mol. The molecule has 0 aliphatic carbocycles. The van der Waals surface area contributed by atoms with Crippen LogP contribution in [0.3, 0.4) is 0 Å². The van der Waals surface area contributed by atoms with Crippen molar-refractivity contribution in [2.75, 3.05) is 19.6 Å². The summed E-state index contributed by atoms with van der Waals surface area (Å²) >= 11 is 0. The quantitative estimate of drug-likeness (QED) is 0.696. The van der Waals surface area contributed by atoms with Gasteiger partial charge in [0.1, 0.15) is 0 Å². The molecule has 3 unspecified atom stereocenters. The molecule has 2 aliphatic rings. The molecule has 2 saturated heterocycles. The molecule has 3 nitrogen and oxygen atoms in total. The predicted octanol–water partition coefficient (Wildman–Crippen LogP) is 0.584. The number of nitrogens with one attached hydrogen (secondary N) is 1. The molecule has 0 aromatic heterocycles. The molecule has 0 radical (unpaired) electrons. The average Bonchev–Trinajstić information content (AvgIpc) is 2.61. The normalized spacial score (nSPS) is 35.6. The number of aliphatic hydroxyl groups excluding tert-OH is 1. The summed E-state index contributed by atoms with van der Waals surface area (Å²) in [5.41, 5.74) is 0. The lowest BCUT2D eigenvalue weighted by atomic mass is 9.97. The summed E-state index contributed by atoms with van der Waals surface area (Å²) in [5, 5.41) is 12.7. The van der Waals surface area contributed by atoms with Crippen LogP contribution in [-0.2, 0) is 0 Å². The van der Waals surface area contributed by atoms with Gasteiger partial charge in [-0.05, 0) is 45.7 Å². The van der Waals surface area contributed by atoms with Crippen LogP contribution in [0.2, 0.25) is 0 Å². The van der Waals surface area contributed by atoms with Gasteiger partial charge < -0.3 is 15.3 Å². The molecule has 14 heavy (non-hydrogen) atoms. The van der Waals surface area contributed by atoms with E-state index in [4.69, 9.17) is 0 Å². The zero-order chi connectivity index (χ0) is 9.97. The second kappa shape index (κ2) is 4.60. The molecule has 2 heterocycles. The highest BCUT2D eigenvalue weighted by Crippen LogP contribution is 2.26. The predicted molar refractivity (Wildman–Crippen MR) is 57.3 cm³/mol. The van der Waals surface area contributed by atoms with Gasteiger partial charge in [0.25, 0.3) is 0 Å². The Morgan fingerprint density at radius 1 is 1.43 bits per heavy atom. The topological polar surface area (TPSA) is 35.5 Å². The smallest absolute Gasteiger partial charge is 0.0636 e. The Bertz CT molecular complexity index is 184. The SMILES string of the molecule is CC(O)CNC1CCN2CCCC2C1. The van der Waals surface area contributed by atoms with Gasteiger partial charge in [-0.3, -0.25) is 0 Å². The zero-order valence-corrected chi connectivity index (χ0v) is 9.08. The van der Waals surface area contributed by atoms with Gasteiger partial charge in [0, 0.05) is 18.6 Å². The highest BCUT2D eigenvalue weighted by molar-refractivity contribution is 4.89. The fourth-order valence-electron chi connectivity index (χ4n) is 2.75. The third-order valence-corrected chi connectivity index (χ3v) is 3.52. The molecule has 0 aromatic rings. The van der Waals surface area contributed by atoms with E-state index >= 15 is 0 Å². The van der Waals surface area contributed by atoms with E-state index in [1.54, 1.807) is 0 Å². The van der Waals surface area contributed by atoms with E-state index in [0.717, 1.165) is 12.6 Å². The van der Waals surface area contributed by atoms with E-state index in [2.05, 4.69) is 10.2 Å². The van der Waals surface area contributed by atoms with Crippen molar-refractivity contribution in [1.82, 2.24) is 10.2 Å². The maximum atomic E-state index is 9.20. The molecular weight excluding hydrogens is 176 g/mol. The van der Waals surface area contributed by atoms with Gasteiger partial charge in [0.15, 0.2) is 0 Å². The fourth-order valence-corrected chi connectivity index (χ4v) is 2.75. The first-order valence-electron chi connectivity index (χ1n) is 5.91. The lowest BCUT2D eigenvalue weighted by Gasteiger charge is -2.35. The molecular formula is C11H22N2O. The largest absolute Gasteiger partial charge is 0.392 e. The summed E-state index contributed by atoms with van der Waals surface area (Å²) in [4.78, 5) is 2.63. The standard InChI is InChI=1S/C11H22N2O/c1-9(14)8-12-10-4-6-13-5-2-3-11(13)7-10/h9-12,14H,2-8H2,1H3. The van der Waals surface area contributed by atoms with Gasteiger partial charge in [-0.25, -0.2) is 0 Å². The molecule has 2 fully saturated rings. The van der Waals surface area contributed by atoms with Crippen LogP contribution in [0.25, 0.3) is 0 Å². The number of hydrogen-bond donors (Lipinski definition) is 2. The van der Waals surface area contributed by atoms with Crippen molar-refractivity contribution < 1.29 is 5.11 Å². The number of aliphatic hydroxyl groups is 1. The molecule has 2 rings (SSSR count). The van der Waals surface area contributed by atoms with E-state index in [-0.39, 0.29) is 6.10 Å². The van der Waals surface area contributed by atoms with Crippen molar-refractivity contribution in [3.63, 3.8) is 0 Å². The average molecular weight is 198 g/mol. The van der Waals surface area contributed by atoms with Gasteiger partial charge in [-0.15, -0.1) is 0 Å². The van der Waals surface area contributed by atoms with Crippen molar-refractivity contribution in [2.45, 2.75) is 50.8 Å². The minimum Gasteiger partial charge on any atom is -0.392 e. The Labute approximate surface area is 86.5 Å². The van der Waals surface area contributed by atoms with Crippen molar-refractivity contribution in [3.05, 3.63) is 0 Å².